The maximum Gasteiger partial charge on any atom is 0.187 e. The summed E-state index contributed by atoms with van der Waals surface area (Å²) in [5.74, 6) is 0.641. The van der Waals surface area contributed by atoms with Crippen LogP contribution in [0.1, 0.15) is 5.76 Å². The van der Waals surface area contributed by atoms with Crippen LogP contribution in [0.25, 0.3) is 22.5 Å². The molecule has 4 nitrogen and oxygen atoms in total. The highest BCUT2D eigenvalue weighted by Gasteiger charge is 2.21. The maximum atomic E-state index is 6.35. The molecule has 0 fully saturated rings. The van der Waals surface area contributed by atoms with Crippen molar-refractivity contribution in [3.63, 3.8) is 0 Å². The molecule has 4 rings (SSSR count). The van der Waals surface area contributed by atoms with Crippen molar-refractivity contribution in [3.05, 3.63) is 67.6 Å². The zero-order valence-electron chi connectivity index (χ0n) is 14.3. The standard InChI is InChI=1S/C19H11Cl4N3OS/c1-9-17(18(26-27-9)12-4-2-10(20)6-13(12)22)16-8-28-19(25-16)24-15-5-3-11(21)7-14(15)23/h2-8H,1H3,(H,24,25). The average Bonchev–Trinajstić information content (AvgIpc) is 3.24. The van der Waals surface area contributed by atoms with Crippen molar-refractivity contribution < 1.29 is 4.52 Å². The lowest BCUT2D eigenvalue weighted by atomic mass is 10.0. The molecule has 28 heavy (non-hydrogen) atoms. The predicted octanol–water partition coefficient (Wildman–Crippen LogP) is 8.13. The Labute approximate surface area is 185 Å². The van der Waals surface area contributed by atoms with Crippen LogP contribution in [0.4, 0.5) is 10.8 Å². The Morgan fingerprint density at radius 3 is 2.39 bits per heavy atom. The minimum atomic E-state index is 0.489. The average molecular weight is 471 g/mol. The highest BCUT2D eigenvalue weighted by Crippen LogP contribution is 2.40. The molecule has 0 aliphatic heterocycles. The molecule has 0 atom stereocenters. The Morgan fingerprint density at radius 2 is 1.68 bits per heavy atom. The first-order chi connectivity index (χ1) is 13.4. The fourth-order valence-electron chi connectivity index (χ4n) is 2.69. The van der Waals surface area contributed by atoms with Crippen molar-refractivity contribution >= 4 is 68.6 Å². The first kappa shape index (κ1) is 19.6. The van der Waals surface area contributed by atoms with E-state index >= 15 is 0 Å². The summed E-state index contributed by atoms with van der Waals surface area (Å²) in [4.78, 5) is 4.65. The number of nitrogens with one attached hydrogen (secondary N) is 1. The van der Waals surface area contributed by atoms with Gasteiger partial charge in [-0.2, -0.15) is 0 Å². The van der Waals surface area contributed by atoms with Gasteiger partial charge in [-0.3, -0.25) is 0 Å². The van der Waals surface area contributed by atoms with Gasteiger partial charge in [0.2, 0.25) is 0 Å². The number of thiazole rings is 1. The number of benzene rings is 2. The van der Waals surface area contributed by atoms with Crippen LogP contribution in [-0.2, 0) is 0 Å². The van der Waals surface area contributed by atoms with Crippen LogP contribution < -0.4 is 5.32 Å². The van der Waals surface area contributed by atoms with Gasteiger partial charge in [0.25, 0.3) is 0 Å². The molecule has 4 aromatic rings. The Hall–Kier alpha value is -1.76. The first-order valence-corrected chi connectivity index (χ1v) is 10.4. The highest BCUT2D eigenvalue weighted by atomic mass is 35.5. The Balaban J connectivity index is 1.70. The number of hydrogen-bond acceptors (Lipinski definition) is 5. The molecule has 0 aliphatic carbocycles. The topological polar surface area (TPSA) is 51.0 Å². The normalized spacial score (nSPS) is 11.0. The van der Waals surface area contributed by atoms with Gasteiger partial charge < -0.3 is 9.84 Å². The Kier molecular flexibility index (Phi) is 5.54. The zero-order chi connectivity index (χ0) is 19.8. The van der Waals surface area contributed by atoms with Crippen molar-refractivity contribution in [2.24, 2.45) is 0 Å². The van der Waals surface area contributed by atoms with Crippen molar-refractivity contribution in [1.29, 1.82) is 0 Å². The van der Waals surface area contributed by atoms with Gasteiger partial charge >= 0.3 is 0 Å². The molecule has 2 aromatic carbocycles. The van der Waals surface area contributed by atoms with Crippen LogP contribution in [0.2, 0.25) is 20.1 Å². The summed E-state index contributed by atoms with van der Waals surface area (Å²) >= 11 is 26.0. The van der Waals surface area contributed by atoms with Crippen LogP contribution in [0.5, 0.6) is 0 Å². The monoisotopic (exact) mass is 469 g/mol. The second-order valence-corrected chi connectivity index (χ2v) is 8.42. The minimum Gasteiger partial charge on any atom is -0.360 e. The van der Waals surface area contributed by atoms with E-state index < -0.39 is 0 Å². The Morgan fingerprint density at radius 1 is 0.964 bits per heavy atom. The summed E-state index contributed by atoms with van der Waals surface area (Å²) in [5.41, 5.74) is 3.55. The SMILES string of the molecule is Cc1onc(-c2ccc(Cl)cc2Cl)c1-c1csc(Nc2ccc(Cl)cc2Cl)n1. The molecule has 0 aliphatic rings. The van der Waals surface area contributed by atoms with Gasteiger partial charge in [-0.1, -0.05) is 51.6 Å². The van der Waals surface area contributed by atoms with Gasteiger partial charge in [0.1, 0.15) is 11.5 Å². The number of hydrogen-bond donors (Lipinski definition) is 1. The molecule has 0 radical (unpaired) electrons. The van der Waals surface area contributed by atoms with Gasteiger partial charge in [0, 0.05) is 21.0 Å². The summed E-state index contributed by atoms with van der Waals surface area (Å²) in [6.07, 6.45) is 0. The summed E-state index contributed by atoms with van der Waals surface area (Å²) in [7, 11) is 0. The third-order valence-electron chi connectivity index (χ3n) is 3.98. The maximum absolute atomic E-state index is 6.35. The lowest BCUT2D eigenvalue weighted by molar-refractivity contribution is 0.400. The lowest BCUT2D eigenvalue weighted by Gasteiger charge is -2.05. The van der Waals surface area contributed by atoms with E-state index in [1.807, 2.05) is 18.4 Å². The van der Waals surface area contributed by atoms with Crippen LogP contribution >= 0.6 is 57.7 Å². The summed E-state index contributed by atoms with van der Waals surface area (Å²) in [5, 5.41) is 12.1. The predicted molar refractivity (Wildman–Crippen MR) is 118 cm³/mol. The molecule has 1 N–H and O–H groups in total. The molecule has 2 aromatic heterocycles. The highest BCUT2D eigenvalue weighted by molar-refractivity contribution is 7.14. The largest absolute Gasteiger partial charge is 0.360 e. The molecule has 9 heteroatoms. The smallest absolute Gasteiger partial charge is 0.187 e. The molecule has 0 amide bonds. The van der Waals surface area contributed by atoms with Gasteiger partial charge in [0.05, 0.1) is 27.0 Å². The molecular weight excluding hydrogens is 460 g/mol. The van der Waals surface area contributed by atoms with E-state index in [1.54, 1.807) is 30.3 Å². The number of nitrogens with zero attached hydrogens (tertiary/aromatic N) is 2. The zero-order valence-corrected chi connectivity index (χ0v) is 18.1. The van der Waals surface area contributed by atoms with Crippen LogP contribution in [0.3, 0.4) is 0 Å². The second kappa shape index (κ2) is 7.93. The third kappa shape index (κ3) is 3.86. The number of aryl methyl sites for hydroxylation is 1. The van der Waals surface area contributed by atoms with Crippen LogP contribution in [0, 0.1) is 6.92 Å². The van der Waals surface area contributed by atoms with E-state index in [0.29, 0.717) is 36.7 Å². The number of aromatic nitrogens is 2. The van der Waals surface area contributed by atoms with Gasteiger partial charge in [-0.25, -0.2) is 4.98 Å². The second-order valence-electron chi connectivity index (χ2n) is 5.87. The quantitative estimate of drug-likeness (QED) is 0.327. The summed E-state index contributed by atoms with van der Waals surface area (Å²) in [6.45, 7) is 1.83. The molecule has 0 saturated heterocycles. The van der Waals surface area contributed by atoms with Crippen molar-refractivity contribution in [2.45, 2.75) is 6.92 Å². The first-order valence-electron chi connectivity index (χ1n) is 8.02. The molecule has 0 unspecified atom stereocenters. The van der Waals surface area contributed by atoms with Crippen molar-refractivity contribution in [2.75, 3.05) is 5.32 Å². The number of rotatable bonds is 4. The molecule has 2 heterocycles. The van der Waals surface area contributed by atoms with E-state index in [9.17, 15) is 0 Å². The third-order valence-corrected chi connectivity index (χ3v) is 5.84. The van der Waals surface area contributed by atoms with E-state index in [2.05, 4.69) is 15.5 Å². The Bertz CT molecular complexity index is 1170. The summed E-state index contributed by atoms with van der Waals surface area (Å²) < 4.78 is 5.42. The minimum absolute atomic E-state index is 0.489. The van der Waals surface area contributed by atoms with Crippen molar-refractivity contribution in [3.8, 4) is 22.5 Å². The number of halogens is 4. The molecule has 142 valence electrons. The molecule has 0 spiro atoms. The van der Waals surface area contributed by atoms with Gasteiger partial charge in [-0.15, -0.1) is 11.3 Å². The van der Waals surface area contributed by atoms with Crippen LogP contribution in [0.15, 0.2) is 46.3 Å². The van der Waals surface area contributed by atoms with E-state index in [0.717, 1.165) is 22.5 Å². The van der Waals surface area contributed by atoms with E-state index in [4.69, 9.17) is 50.9 Å². The fourth-order valence-corrected chi connectivity index (χ4v) is 4.36. The fraction of sp³-hybridized carbons (Fsp3) is 0.0526. The van der Waals surface area contributed by atoms with E-state index in [1.165, 1.54) is 11.3 Å². The molecule has 0 saturated carbocycles. The number of anilines is 2. The summed E-state index contributed by atoms with van der Waals surface area (Å²) in [6, 6.07) is 10.5. The van der Waals surface area contributed by atoms with E-state index in [-0.39, 0.29) is 0 Å². The molecular formula is C19H11Cl4N3OS. The van der Waals surface area contributed by atoms with Crippen LogP contribution in [-0.4, -0.2) is 10.1 Å². The van der Waals surface area contributed by atoms with Crippen molar-refractivity contribution in [1.82, 2.24) is 10.1 Å². The van der Waals surface area contributed by atoms with Gasteiger partial charge in [0.15, 0.2) is 5.13 Å². The van der Waals surface area contributed by atoms with Gasteiger partial charge in [-0.05, 0) is 43.3 Å². The lowest BCUT2D eigenvalue weighted by Crippen LogP contribution is -1.91. The molecule has 0 bridgehead atoms.